The Morgan fingerprint density at radius 3 is 2.56 bits per heavy atom. The Labute approximate surface area is 167 Å². The summed E-state index contributed by atoms with van der Waals surface area (Å²) in [6, 6.07) is 15.0. The Bertz CT molecular complexity index is 744. The molecule has 0 saturated carbocycles. The Balaban J connectivity index is 1.85. The lowest BCUT2D eigenvalue weighted by atomic mass is 10.1. The van der Waals surface area contributed by atoms with Crippen LogP contribution in [0.15, 0.2) is 48.5 Å². The topological polar surface area (TPSA) is 69.6 Å². The molecule has 0 spiro atoms. The maximum atomic E-state index is 12.3. The van der Waals surface area contributed by atoms with Crippen molar-refractivity contribution in [3.05, 3.63) is 68.3 Å². The summed E-state index contributed by atoms with van der Waals surface area (Å²) in [5, 5.41) is 14.0. The summed E-state index contributed by atoms with van der Waals surface area (Å²) in [5.74, 6) is 0. The van der Waals surface area contributed by atoms with E-state index in [-0.39, 0.29) is 24.9 Å². The molecule has 0 bridgehead atoms. The Morgan fingerprint density at radius 1 is 1.24 bits per heavy atom. The van der Waals surface area contributed by atoms with Gasteiger partial charge in [-0.3, -0.25) is 4.57 Å². The molecule has 4 nitrogen and oxygen atoms in total. The zero-order chi connectivity index (χ0) is 18.4. The van der Waals surface area contributed by atoms with Crippen molar-refractivity contribution in [1.29, 1.82) is 0 Å². The molecule has 0 aromatic heterocycles. The zero-order valence-electron chi connectivity index (χ0n) is 13.9. The Morgan fingerprint density at radius 2 is 1.92 bits per heavy atom. The molecule has 0 aliphatic rings. The summed E-state index contributed by atoms with van der Waals surface area (Å²) in [7, 11) is -3.43. The van der Waals surface area contributed by atoms with E-state index in [0.29, 0.717) is 5.02 Å². The van der Waals surface area contributed by atoms with E-state index in [1.54, 1.807) is 0 Å². The van der Waals surface area contributed by atoms with Gasteiger partial charge in [0.25, 0.3) is 0 Å². The summed E-state index contributed by atoms with van der Waals surface area (Å²) >= 11 is 8.30. The van der Waals surface area contributed by atoms with E-state index in [9.17, 15) is 14.6 Å². The minimum atomic E-state index is -3.43. The second kappa shape index (κ2) is 9.49. The molecule has 136 valence electrons. The number of aliphatic hydroxyl groups is 1. The van der Waals surface area contributed by atoms with Gasteiger partial charge in [0.15, 0.2) is 0 Å². The van der Waals surface area contributed by atoms with Crippen molar-refractivity contribution in [2.24, 2.45) is 0 Å². The predicted octanol–water partition coefficient (Wildman–Crippen LogP) is 4.43. The van der Waals surface area contributed by atoms with E-state index in [2.05, 4.69) is 27.9 Å². The lowest BCUT2D eigenvalue weighted by Gasteiger charge is -2.20. The molecule has 0 aliphatic heterocycles. The molecule has 0 heterocycles. The van der Waals surface area contributed by atoms with Crippen molar-refractivity contribution >= 4 is 41.6 Å². The molecule has 2 aromatic carbocycles. The first-order valence-corrected chi connectivity index (χ1v) is 11.5. The lowest BCUT2D eigenvalue weighted by molar-refractivity contribution is 0.186. The summed E-state index contributed by atoms with van der Waals surface area (Å²) in [4.78, 5) is 10.1. The molecule has 25 heavy (non-hydrogen) atoms. The van der Waals surface area contributed by atoms with Crippen LogP contribution in [0, 0.1) is 3.57 Å². The second-order valence-corrected chi connectivity index (χ2v) is 10.1. The van der Waals surface area contributed by atoms with Gasteiger partial charge < -0.3 is 15.3 Å². The number of hydrogen-bond acceptors (Lipinski definition) is 3. The molecule has 7 heteroatoms. The van der Waals surface area contributed by atoms with E-state index in [0.717, 1.165) is 14.7 Å². The molecular weight excluding hydrogens is 472 g/mol. The highest BCUT2D eigenvalue weighted by Crippen LogP contribution is 2.44. The van der Waals surface area contributed by atoms with Crippen molar-refractivity contribution in [3.8, 4) is 0 Å². The van der Waals surface area contributed by atoms with Crippen LogP contribution < -0.4 is 5.32 Å². The van der Waals surface area contributed by atoms with E-state index in [1.165, 1.54) is 0 Å². The average molecular weight is 494 g/mol. The summed E-state index contributed by atoms with van der Waals surface area (Å²) in [5.41, 5.74) is 1.81. The third-order valence-corrected chi connectivity index (χ3v) is 7.30. The first-order chi connectivity index (χ1) is 11.8. The van der Waals surface area contributed by atoms with Crippen LogP contribution in [0.25, 0.3) is 0 Å². The highest BCUT2D eigenvalue weighted by molar-refractivity contribution is 14.1. The van der Waals surface area contributed by atoms with Gasteiger partial charge in [0.1, 0.15) is 0 Å². The van der Waals surface area contributed by atoms with Gasteiger partial charge in [-0.2, -0.15) is 0 Å². The zero-order valence-corrected chi connectivity index (χ0v) is 17.7. The van der Waals surface area contributed by atoms with Crippen molar-refractivity contribution < 1.29 is 14.6 Å². The third-order valence-electron chi connectivity index (χ3n) is 3.87. The van der Waals surface area contributed by atoms with Crippen LogP contribution in [0.3, 0.4) is 0 Å². The smallest absolute Gasteiger partial charge is 0.207 e. The Kier molecular flexibility index (Phi) is 7.92. The lowest BCUT2D eigenvalue weighted by Crippen LogP contribution is -2.31. The van der Waals surface area contributed by atoms with Crippen LogP contribution in [-0.4, -0.2) is 28.8 Å². The first-order valence-electron chi connectivity index (χ1n) is 7.98. The van der Waals surface area contributed by atoms with E-state index < -0.39 is 13.5 Å². The fourth-order valence-corrected chi connectivity index (χ4v) is 4.76. The number of benzene rings is 2. The molecule has 2 unspecified atom stereocenters. The minimum absolute atomic E-state index is 0.0173. The second-order valence-electron chi connectivity index (χ2n) is 6.13. The molecule has 2 rings (SSSR count). The number of rotatable bonds is 8. The maximum absolute atomic E-state index is 12.3. The number of halogens is 2. The van der Waals surface area contributed by atoms with Crippen LogP contribution >= 0.6 is 41.6 Å². The molecule has 0 radical (unpaired) electrons. The quantitative estimate of drug-likeness (QED) is 0.376. The van der Waals surface area contributed by atoms with Crippen LogP contribution in [0.4, 0.5) is 0 Å². The predicted molar refractivity (Wildman–Crippen MR) is 111 cm³/mol. The molecule has 3 N–H and O–H groups in total. The van der Waals surface area contributed by atoms with Crippen LogP contribution in [0.1, 0.15) is 24.1 Å². The summed E-state index contributed by atoms with van der Waals surface area (Å²) < 4.78 is 13.3. The van der Waals surface area contributed by atoms with Crippen molar-refractivity contribution in [2.45, 2.75) is 25.2 Å². The number of aliphatic hydroxyl groups excluding tert-OH is 1. The van der Waals surface area contributed by atoms with Gasteiger partial charge in [0.2, 0.25) is 7.37 Å². The molecule has 0 saturated heterocycles. The number of nitrogens with one attached hydrogen (secondary N) is 1. The van der Waals surface area contributed by atoms with Gasteiger partial charge >= 0.3 is 0 Å². The van der Waals surface area contributed by atoms with E-state index in [1.807, 2.05) is 55.5 Å². The molecular formula is C18H22ClINO3P. The molecule has 3 atom stereocenters. The van der Waals surface area contributed by atoms with Gasteiger partial charge in [0.05, 0.1) is 17.3 Å². The standard InChI is InChI=1S/C18H22ClINO3P/c1-13(15-7-8-18(20)17(19)9-15)21-10-16(22)12-25(23,24)11-14-5-3-2-4-6-14/h2-9,13,16,21-22H,10-12H2,1H3,(H,23,24)/t13?,16-/m0/s1. The van der Waals surface area contributed by atoms with Gasteiger partial charge in [-0.25, -0.2) is 0 Å². The van der Waals surface area contributed by atoms with Crippen LogP contribution in [-0.2, 0) is 10.7 Å². The summed E-state index contributed by atoms with van der Waals surface area (Å²) in [6.45, 7) is 2.21. The van der Waals surface area contributed by atoms with Gasteiger partial charge in [-0.15, -0.1) is 0 Å². The van der Waals surface area contributed by atoms with Crippen LogP contribution in [0.2, 0.25) is 5.02 Å². The minimum Gasteiger partial charge on any atom is -0.391 e. The number of hydrogen-bond donors (Lipinski definition) is 3. The van der Waals surface area contributed by atoms with Gasteiger partial charge in [-0.1, -0.05) is 48.0 Å². The van der Waals surface area contributed by atoms with Crippen molar-refractivity contribution in [3.63, 3.8) is 0 Å². The first kappa shape index (κ1) is 20.9. The average Bonchev–Trinajstić information content (AvgIpc) is 2.55. The normalized spacial score (nSPS) is 16.2. The monoisotopic (exact) mass is 493 g/mol. The van der Waals surface area contributed by atoms with Crippen molar-refractivity contribution in [2.75, 3.05) is 12.7 Å². The fraction of sp³-hybridized carbons (Fsp3) is 0.333. The highest BCUT2D eigenvalue weighted by Gasteiger charge is 2.23. The fourth-order valence-electron chi connectivity index (χ4n) is 2.54. The van der Waals surface area contributed by atoms with Gasteiger partial charge in [0, 0.05) is 22.3 Å². The van der Waals surface area contributed by atoms with E-state index >= 15 is 0 Å². The van der Waals surface area contributed by atoms with Crippen LogP contribution in [0.5, 0.6) is 0 Å². The molecule has 0 fully saturated rings. The van der Waals surface area contributed by atoms with Crippen molar-refractivity contribution in [1.82, 2.24) is 5.32 Å². The van der Waals surface area contributed by atoms with Gasteiger partial charge in [-0.05, 0) is 52.8 Å². The largest absolute Gasteiger partial charge is 0.391 e. The third kappa shape index (κ3) is 7.00. The molecule has 2 aromatic rings. The van der Waals surface area contributed by atoms with E-state index in [4.69, 9.17) is 11.6 Å². The SMILES string of the molecule is CC(NC[C@H](O)CP(=O)(O)Cc1ccccc1)c1ccc(I)c(Cl)c1. The highest BCUT2D eigenvalue weighted by atomic mass is 127. The maximum Gasteiger partial charge on any atom is 0.207 e. The summed E-state index contributed by atoms with van der Waals surface area (Å²) in [6.07, 6.45) is -0.941. The molecule has 0 amide bonds. The molecule has 0 aliphatic carbocycles. The Hall–Kier alpha value is -0.430.